The van der Waals surface area contributed by atoms with Gasteiger partial charge in [0, 0.05) is 5.02 Å². The molecule has 1 amide bonds. The number of carbonyl (C=O) groups is 2. The average molecular weight is 373 g/mol. The Kier molecular flexibility index (Phi) is 5.91. The lowest BCUT2D eigenvalue weighted by atomic mass is 9.98. The van der Waals surface area contributed by atoms with E-state index in [1.54, 1.807) is 11.0 Å². The Labute approximate surface area is 157 Å². The third kappa shape index (κ3) is 4.42. The monoisotopic (exact) mass is 372 g/mol. The summed E-state index contributed by atoms with van der Waals surface area (Å²) < 4.78 is 0. The smallest absolute Gasteiger partial charge is 0.320 e. The fourth-order valence-electron chi connectivity index (χ4n) is 3.38. The van der Waals surface area contributed by atoms with E-state index in [0.29, 0.717) is 18.0 Å². The summed E-state index contributed by atoms with van der Waals surface area (Å²) in [7, 11) is 0. The third-order valence-electron chi connectivity index (χ3n) is 4.62. The average Bonchev–Trinajstić information content (AvgIpc) is 3.09. The van der Waals surface area contributed by atoms with E-state index in [0.717, 1.165) is 17.5 Å². The molecule has 2 aromatic carbocycles. The van der Waals surface area contributed by atoms with Crippen LogP contribution < -0.4 is 5.32 Å². The zero-order valence-corrected chi connectivity index (χ0v) is 15.0. The highest BCUT2D eigenvalue weighted by Gasteiger charge is 2.32. The number of hydrogen-bond donors (Lipinski definition) is 2. The van der Waals surface area contributed by atoms with E-state index < -0.39 is 12.0 Å². The Morgan fingerprint density at radius 3 is 2.58 bits per heavy atom. The van der Waals surface area contributed by atoms with Crippen molar-refractivity contribution in [1.82, 2.24) is 10.2 Å². The molecule has 26 heavy (non-hydrogen) atoms. The molecular weight excluding hydrogens is 352 g/mol. The van der Waals surface area contributed by atoms with Crippen LogP contribution in [0.5, 0.6) is 0 Å². The van der Waals surface area contributed by atoms with Crippen LogP contribution in [-0.2, 0) is 9.59 Å². The number of carboxylic acid groups (broad SMARTS) is 1. The van der Waals surface area contributed by atoms with Crippen molar-refractivity contribution in [1.29, 1.82) is 0 Å². The number of hydrogen-bond acceptors (Lipinski definition) is 3. The first-order valence-electron chi connectivity index (χ1n) is 8.61. The number of nitrogens with one attached hydrogen (secondary N) is 1. The first-order valence-corrected chi connectivity index (χ1v) is 8.99. The van der Waals surface area contributed by atoms with Gasteiger partial charge in [-0.3, -0.25) is 14.5 Å². The second-order valence-electron chi connectivity index (χ2n) is 6.43. The zero-order chi connectivity index (χ0) is 18.5. The Morgan fingerprint density at radius 2 is 1.88 bits per heavy atom. The van der Waals surface area contributed by atoms with Crippen LogP contribution >= 0.6 is 11.6 Å². The Hall–Kier alpha value is -2.37. The normalized spacial score (nSPS) is 18.4. The fraction of sp³-hybridized carbons (Fsp3) is 0.300. The lowest BCUT2D eigenvalue weighted by Crippen LogP contribution is -2.43. The quantitative estimate of drug-likeness (QED) is 0.817. The van der Waals surface area contributed by atoms with Crippen LogP contribution in [0, 0.1) is 0 Å². The molecule has 2 aromatic rings. The van der Waals surface area contributed by atoms with E-state index in [1.807, 2.05) is 48.5 Å². The van der Waals surface area contributed by atoms with Crippen LogP contribution in [-0.4, -0.2) is 41.0 Å². The summed E-state index contributed by atoms with van der Waals surface area (Å²) in [5, 5.41) is 12.9. The maximum absolute atomic E-state index is 12.6. The van der Waals surface area contributed by atoms with Crippen molar-refractivity contribution in [3.8, 4) is 0 Å². The van der Waals surface area contributed by atoms with Gasteiger partial charge in [0.2, 0.25) is 5.91 Å². The molecule has 0 radical (unpaired) electrons. The molecule has 1 aliphatic heterocycles. The molecular formula is C20H21ClN2O3. The molecule has 1 unspecified atom stereocenters. The highest BCUT2D eigenvalue weighted by molar-refractivity contribution is 6.30. The molecule has 5 nitrogen and oxygen atoms in total. The number of amides is 1. The van der Waals surface area contributed by atoms with E-state index in [1.165, 1.54) is 0 Å². The van der Waals surface area contributed by atoms with Crippen molar-refractivity contribution in [3.05, 3.63) is 70.7 Å². The first kappa shape index (κ1) is 18.4. The minimum absolute atomic E-state index is 0.0703. The van der Waals surface area contributed by atoms with Gasteiger partial charge in [0.1, 0.15) is 6.04 Å². The van der Waals surface area contributed by atoms with Gasteiger partial charge in [-0.25, -0.2) is 0 Å². The summed E-state index contributed by atoms with van der Waals surface area (Å²) in [5.41, 5.74) is 1.83. The highest BCUT2D eigenvalue weighted by atomic mass is 35.5. The van der Waals surface area contributed by atoms with E-state index in [2.05, 4.69) is 5.32 Å². The van der Waals surface area contributed by atoms with Crippen molar-refractivity contribution < 1.29 is 14.7 Å². The molecule has 1 saturated heterocycles. The van der Waals surface area contributed by atoms with Crippen molar-refractivity contribution in [2.75, 3.05) is 13.1 Å². The molecule has 0 saturated carbocycles. The summed E-state index contributed by atoms with van der Waals surface area (Å²) in [5.74, 6) is -1.07. The van der Waals surface area contributed by atoms with Gasteiger partial charge >= 0.3 is 5.97 Å². The van der Waals surface area contributed by atoms with E-state index in [9.17, 15) is 14.7 Å². The van der Waals surface area contributed by atoms with E-state index >= 15 is 0 Å². The standard InChI is InChI=1S/C20H21ClN2O3/c21-16-9-4-8-15(12-16)19(14-6-2-1-3-7-14)22-18(24)13-23-11-5-10-17(23)20(25)26/h1-4,6-9,12,17,19H,5,10-11,13H2,(H,22,24)(H,25,26)/t17-,19?/m0/s1. The van der Waals surface area contributed by atoms with Crippen molar-refractivity contribution >= 4 is 23.5 Å². The highest BCUT2D eigenvalue weighted by Crippen LogP contribution is 2.25. The maximum Gasteiger partial charge on any atom is 0.320 e. The maximum atomic E-state index is 12.6. The largest absolute Gasteiger partial charge is 0.480 e. The lowest BCUT2D eigenvalue weighted by molar-refractivity contribution is -0.142. The van der Waals surface area contributed by atoms with Crippen LogP contribution in [0.1, 0.15) is 30.0 Å². The van der Waals surface area contributed by atoms with Gasteiger partial charge < -0.3 is 10.4 Å². The van der Waals surface area contributed by atoms with Gasteiger partial charge in [0.05, 0.1) is 12.6 Å². The molecule has 136 valence electrons. The zero-order valence-electron chi connectivity index (χ0n) is 14.3. The number of carboxylic acids is 1. The Morgan fingerprint density at radius 1 is 1.15 bits per heavy atom. The van der Waals surface area contributed by atoms with Gasteiger partial charge in [-0.1, -0.05) is 54.1 Å². The van der Waals surface area contributed by atoms with Gasteiger partial charge in [0.15, 0.2) is 0 Å². The molecule has 2 N–H and O–H groups in total. The van der Waals surface area contributed by atoms with Crippen molar-refractivity contribution in [2.24, 2.45) is 0 Å². The van der Waals surface area contributed by atoms with E-state index in [-0.39, 0.29) is 18.5 Å². The van der Waals surface area contributed by atoms with Crippen LogP contribution in [0.15, 0.2) is 54.6 Å². The summed E-state index contributed by atoms with van der Waals surface area (Å²) in [4.78, 5) is 25.7. The number of halogens is 1. The van der Waals surface area contributed by atoms with Crippen LogP contribution in [0.25, 0.3) is 0 Å². The third-order valence-corrected chi connectivity index (χ3v) is 4.85. The van der Waals surface area contributed by atoms with Crippen LogP contribution in [0.4, 0.5) is 0 Å². The predicted molar refractivity (Wildman–Crippen MR) is 100 cm³/mol. The summed E-state index contributed by atoms with van der Waals surface area (Å²) in [6, 6.07) is 16.1. The second-order valence-corrected chi connectivity index (χ2v) is 6.87. The predicted octanol–water partition coefficient (Wildman–Crippen LogP) is 3.09. The Bertz CT molecular complexity index is 782. The number of benzene rings is 2. The van der Waals surface area contributed by atoms with Gasteiger partial charge in [-0.15, -0.1) is 0 Å². The van der Waals surface area contributed by atoms with Crippen LogP contribution in [0.3, 0.4) is 0 Å². The summed E-state index contributed by atoms with van der Waals surface area (Å²) in [6.45, 7) is 0.693. The number of nitrogens with zero attached hydrogens (tertiary/aromatic N) is 1. The summed E-state index contributed by atoms with van der Waals surface area (Å²) >= 11 is 6.12. The number of carbonyl (C=O) groups excluding carboxylic acids is 1. The lowest BCUT2D eigenvalue weighted by Gasteiger charge is -2.24. The van der Waals surface area contributed by atoms with Gasteiger partial charge in [-0.05, 0) is 42.6 Å². The van der Waals surface area contributed by atoms with Crippen LogP contribution in [0.2, 0.25) is 5.02 Å². The minimum Gasteiger partial charge on any atom is -0.480 e. The van der Waals surface area contributed by atoms with Gasteiger partial charge in [-0.2, -0.15) is 0 Å². The Balaban J connectivity index is 1.78. The molecule has 6 heteroatoms. The number of aliphatic carboxylic acids is 1. The van der Waals surface area contributed by atoms with Gasteiger partial charge in [0.25, 0.3) is 0 Å². The van der Waals surface area contributed by atoms with Crippen molar-refractivity contribution in [2.45, 2.75) is 24.9 Å². The number of likely N-dealkylation sites (tertiary alicyclic amines) is 1. The summed E-state index contributed by atoms with van der Waals surface area (Å²) in [6.07, 6.45) is 1.37. The molecule has 3 rings (SSSR count). The van der Waals surface area contributed by atoms with E-state index in [4.69, 9.17) is 11.6 Å². The second kappa shape index (κ2) is 8.34. The molecule has 2 atom stereocenters. The molecule has 0 aromatic heterocycles. The topological polar surface area (TPSA) is 69.6 Å². The van der Waals surface area contributed by atoms with Crippen molar-refractivity contribution in [3.63, 3.8) is 0 Å². The number of rotatable bonds is 6. The molecule has 1 aliphatic rings. The molecule has 0 aliphatic carbocycles. The fourth-order valence-corrected chi connectivity index (χ4v) is 3.58. The SMILES string of the molecule is O=C(CN1CCC[C@H]1C(=O)O)NC(c1ccccc1)c1cccc(Cl)c1. The first-order chi connectivity index (χ1) is 12.5. The molecule has 0 spiro atoms. The molecule has 1 heterocycles. The molecule has 1 fully saturated rings. The minimum atomic E-state index is -0.871. The molecule has 0 bridgehead atoms.